The van der Waals surface area contributed by atoms with Gasteiger partial charge in [0.2, 0.25) is 5.88 Å². The van der Waals surface area contributed by atoms with Gasteiger partial charge in [-0.1, -0.05) is 0 Å². The molecule has 25 heavy (non-hydrogen) atoms. The molecule has 0 aliphatic heterocycles. The Morgan fingerprint density at radius 1 is 1.48 bits per heavy atom. The number of nitrogens with one attached hydrogen (secondary N) is 1. The van der Waals surface area contributed by atoms with Crippen LogP contribution in [0.25, 0.3) is 5.70 Å². The van der Waals surface area contributed by atoms with E-state index < -0.39 is 17.5 Å². The molecule has 138 valence electrons. The predicted octanol–water partition coefficient (Wildman–Crippen LogP) is 4.31. The van der Waals surface area contributed by atoms with Crippen LogP contribution < -0.4 is 10.1 Å². The molecular weight excluding hydrogens is 327 g/mol. The van der Waals surface area contributed by atoms with E-state index in [0.717, 1.165) is 6.20 Å². The minimum absolute atomic E-state index is 0.291. The zero-order chi connectivity index (χ0) is 19.2. The number of aliphatic imine (C=N–C) groups is 1. The minimum atomic E-state index is -0.638. The Morgan fingerprint density at radius 2 is 2.12 bits per heavy atom. The third kappa shape index (κ3) is 6.06. The molecule has 0 aliphatic carbocycles. The van der Waals surface area contributed by atoms with Gasteiger partial charge in [-0.25, -0.2) is 13.9 Å². The molecule has 1 aromatic heterocycles. The third-order valence-electron chi connectivity index (χ3n) is 2.82. The Bertz CT molecular complexity index is 699. The SMILES string of the molecule is C=N/C=C(F)\C=C(/C)n1nc(C)c(NC(=O)OC(C)(C)C)c1OCC. The van der Waals surface area contributed by atoms with Crippen molar-refractivity contribution < 1.29 is 18.7 Å². The van der Waals surface area contributed by atoms with E-state index in [2.05, 4.69) is 22.1 Å². The zero-order valence-corrected chi connectivity index (χ0v) is 15.5. The number of carbonyl (C=O) groups is 1. The summed E-state index contributed by atoms with van der Waals surface area (Å²) in [5.41, 5.74) is 0.686. The fraction of sp³-hybridized carbons (Fsp3) is 0.471. The van der Waals surface area contributed by atoms with Gasteiger partial charge >= 0.3 is 6.09 Å². The van der Waals surface area contributed by atoms with Crippen LogP contribution in [0, 0.1) is 6.92 Å². The molecule has 0 aromatic carbocycles. The summed E-state index contributed by atoms with van der Waals surface area (Å²) < 4.78 is 25.9. The van der Waals surface area contributed by atoms with Gasteiger partial charge in [0.15, 0.2) is 0 Å². The van der Waals surface area contributed by atoms with Gasteiger partial charge in [-0.2, -0.15) is 5.10 Å². The first kappa shape index (κ1) is 20.4. The number of nitrogens with zero attached hydrogens (tertiary/aromatic N) is 3. The number of allylic oxidation sites excluding steroid dienone is 3. The van der Waals surface area contributed by atoms with Crippen LogP contribution in [0.4, 0.5) is 14.9 Å². The first-order valence-corrected chi connectivity index (χ1v) is 7.81. The summed E-state index contributed by atoms with van der Waals surface area (Å²) in [6.07, 6.45) is 1.60. The monoisotopic (exact) mass is 352 g/mol. The van der Waals surface area contributed by atoms with Crippen molar-refractivity contribution in [2.75, 3.05) is 11.9 Å². The molecule has 0 aliphatic rings. The van der Waals surface area contributed by atoms with E-state index in [1.54, 1.807) is 41.5 Å². The summed E-state index contributed by atoms with van der Waals surface area (Å²) >= 11 is 0. The molecule has 0 atom stereocenters. The van der Waals surface area contributed by atoms with Crippen molar-refractivity contribution in [2.24, 2.45) is 4.99 Å². The molecule has 8 heteroatoms. The molecule has 0 unspecified atom stereocenters. The topological polar surface area (TPSA) is 77.7 Å². The van der Waals surface area contributed by atoms with Crippen LogP contribution in [0.1, 0.15) is 40.3 Å². The summed E-state index contributed by atoms with van der Waals surface area (Å²) in [5.74, 6) is -0.288. The lowest BCUT2D eigenvalue weighted by Crippen LogP contribution is -2.27. The second-order valence-corrected chi connectivity index (χ2v) is 6.22. The molecule has 1 heterocycles. The first-order chi connectivity index (χ1) is 11.6. The fourth-order valence-corrected chi connectivity index (χ4v) is 1.95. The number of hydrogen-bond acceptors (Lipinski definition) is 5. The lowest BCUT2D eigenvalue weighted by molar-refractivity contribution is 0.0635. The van der Waals surface area contributed by atoms with Crippen LogP contribution in [0.2, 0.25) is 0 Å². The number of hydrogen-bond donors (Lipinski definition) is 1. The van der Waals surface area contributed by atoms with Gasteiger partial charge < -0.3 is 9.47 Å². The van der Waals surface area contributed by atoms with E-state index in [-0.39, 0.29) is 0 Å². The quantitative estimate of drug-likeness (QED) is 0.611. The number of rotatable bonds is 6. The summed E-state index contributed by atoms with van der Waals surface area (Å²) in [6.45, 7) is 14.0. The van der Waals surface area contributed by atoms with Crippen LogP contribution in [0.5, 0.6) is 5.88 Å². The number of amides is 1. The van der Waals surface area contributed by atoms with Crippen molar-refractivity contribution >= 4 is 24.2 Å². The molecule has 1 amide bonds. The molecule has 0 fully saturated rings. The maximum absolute atomic E-state index is 13.6. The molecule has 0 saturated carbocycles. The number of aryl methyl sites for hydroxylation is 1. The number of anilines is 1. The standard InChI is InChI=1S/C17H25FN4O3/c1-8-24-15-14(20-16(23)25-17(4,5)6)12(3)21-22(15)11(2)9-13(18)10-19-7/h9-10H,7-8H2,1-6H3,(H,20,23)/b11-9+,13-10+. The predicted molar refractivity (Wildman–Crippen MR) is 96.7 cm³/mol. The zero-order valence-electron chi connectivity index (χ0n) is 15.5. The molecule has 7 nitrogen and oxygen atoms in total. The molecule has 1 aromatic rings. The number of ether oxygens (including phenoxy) is 2. The van der Waals surface area contributed by atoms with Gasteiger partial charge in [-0.15, -0.1) is 0 Å². The summed E-state index contributed by atoms with van der Waals surface area (Å²) in [7, 11) is 0. The van der Waals surface area contributed by atoms with Crippen LogP contribution in [0.3, 0.4) is 0 Å². The van der Waals surface area contributed by atoms with Gasteiger partial charge in [0.05, 0.1) is 18.5 Å². The molecule has 0 spiro atoms. The van der Waals surface area contributed by atoms with Crippen molar-refractivity contribution in [2.45, 2.75) is 47.1 Å². The summed E-state index contributed by atoms with van der Waals surface area (Å²) in [4.78, 5) is 15.4. The van der Waals surface area contributed by atoms with Crippen molar-refractivity contribution in [1.82, 2.24) is 9.78 Å². The van der Waals surface area contributed by atoms with E-state index >= 15 is 0 Å². The highest BCUT2D eigenvalue weighted by molar-refractivity contribution is 5.88. The molecular formula is C17H25FN4O3. The van der Waals surface area contributed by atoms with E-state index in [1.165, 1.54) is 10.8 Å². The Balaban J connectivity index is 3.24. The Hall–Kier alpha value is -2.64. The minimum Gasteiger partial charge on any atom is -0.476 e. The molecule has 0 saturated heterocycles. The van der Waals surface area contributed by atoms with Gasteiger partial charge in [0.1, 0.15) is 17.1 Å². The van der Waals surface area contributed by atoms with Crippen molar-refractivity contribution in [3.63, 3.8) is 0 Å². The normalized spacial score (nSPS) is 12.8. The van der Waals surface area contributed by atoms with Gasteiger partial charge in [0.25, 0.3) is 0 Å². The van der Waals surface area contributed by atoms with Crippen molar-refractivity contribution in [3.05, 3.63) is 23.8 Å². The molecule has 1 N–H and O–H groups in total. The average Bonchev–Trinajstić information content (AvgIpc) is 2.75. The second-order valence-electron chi connectivity index (χ2n) is 6.22. The lowest BCUT2D eigenvalue weighted by Gasteiger charge is -2.20. The Morgan fingerprint density at radius 3 is 2.64 bits per heavy atom. The smallest absolute Gasteiger partial charge is 0.412 e. The van der Waals surface area contributed by atoms with Crippen molar-refractivity contribution in [3.8, 4) is 5.88 Å². The van der Waals surface area contributed by atoms with Crippen LogP contribution in [0.15, 0.2) is 23.1 Å². The first-order valence-electron chi connectivity index (χ1n) is 7.81. The summed E-state index contributed by atoms with van der Waals surface area (Å²) in [6, 6.07) is 0. The van der Waals surface area contributed by atoms with E-state index in [1.807, 2.05) is 0 Å². The number of carbonyl (C=O) groups excluding carboxylic acids is 1. The highest BCUT2D eigenvalue weighted by Crippen LogP contribution is 2.31. The van der Waals surface area contributed by atoms with E-state index in [0.29, 0.717) is 29.6 Å². The maximum atomic E-state index is 13.6. The largest absolute Gasteiger partial charge is 0.476 e. The van der Waals surface area contributed by atoms with Crippen molar-refractivity contribution in [1.29, 1.82) is 0 Å². The van der Waals surface area contributed by atoms with Gasteiger partial charge in [0, 0.05) is 5.70 Å². The van der Waals surface area contributed by atoms with Crippen LogP contribution in [-0.2, 0) is 4.74 Å². The second kappa shape index (κ2) is 8.46. The van der Waals surface area contributed by atoms with Crippen LogP contribution >= 0.6 is 0 Å². The van der Waals surface area contributed by atoms with Gasteiger partial charge in [-0.05, 0) is 54.3 Å². The highest BCUT2D eigenvalue weighted by Gasteiger charge is 2.23. The highest BCUT2D eigenvalue weighted by atomic mass is 19.1. The molecule has 1 rings (SSSR count). The molecule has 0 radical (unpaired) electrons. The third-order valence-corrected chi connectivity index (χ3v) is 2.82. The lowest BCUT2D eigenvalue weighted by atomic mass is 10.2. The molecule has 0 bridgehead atoms. The van der Waals surface area contributed by atoms with Gasteiger partial charge in [-0.3, -0.25) is 10.3 Å². The Labute approximate surface area is 147 Å². The van der Waals surface area contributed by atoms with E-state index in [4.69, 9.17) is 9.47 Å². The fourth-order valence-electron chi connectivity index (χ4n) is 1.95. The number of aromatic nitrogens is 2. The summed E-state index contributed by atoms with van der Waals surface area (Å²) in [5, 5.41) is 6.95. The van der Waals surface area contributed by atoms with E-state index in [9.17, 15) is 9.18 Å². The number of halogens is 1. The van der Waals surface area contributed by atoms with Crippen LogP contribution in [-0.4, -0.2) is 34.8 Å². The average molecular weight is 352 g/mol. The Kier molecular flexibility index (Phi) is 6.90. The maximum Gasteiger partial charge on any atom is 0.412 e.